The molecule has 1 atom stereocenters. The van der Waals surface area contributed by atoms with Crippen LogP contribution in [0.25, 0.3) is 0 Å². The van der Waals surface area contributed by atoms with Crippen LogP contribution in [-0.2, 0) is 24.3 Å². The maximum absolute atomic E-state index is 13.3. The summed E-state index contributed by atoms with van der Waals surface area (Å²) in [5.74, 6) is 0.957. The minimum Gasteiger partial charge on any atom is -0.497 e. The highest BCUT2D eigenvalue weighted by Gasteiger charge is 2.25. The van der Waals surface area contributed by atoms with Gasteiger partial charge in [0.05, 0.1) is 20.2 Å². The fourth-order valence-electron chi connectivity index (χ4n) is 3.75. The first kappa shape index (κ1) is 18.7. The Morgan fingerprint density at radius 1 is 1.07 bits per heavy atom. The van der Waals surface area contributed by atoms with Gasteiger partial charge in [-0.15, -0.1) is 11.3 Å². The van der Waals surface area contributed by atoms with E-state index in [1.807, 2.05) is 35.2 Å². The molecule has 1 aliphatic rings. The number of nitrogens with zero attached hydrogens (tertiary/aromatic N) is 1. The van der Waals surface area contributed by atoms with Crippen molar-refractivity contribution in [1.29, 1.82) is 0 Å². The van der Waals surface area contributed by atoms with Gasteiger partial charge in [-0.1, -0.05) is 30.3 Å². The third-order valence-corrected chi connectivity index (χ3v) is 6.15. The topological polar surface area (TPSA) is 34.0 Å². The van der Waals surface area contributed by atoms with Gasteiger partial charge in [0.25, 0.3) is 5.91 Å². The number of thiophene rings is 1. The zero-order valence-electron chi connectivity index (χ0n) is 16.1. The Kier molecular flexibility index (Phi) is 5.74. The van der Waals surface area contributed by atoms with Gasteiger partial charge in [0.15, 0.2) is 6.54 Å². The smallest absolute Gasteiger partial charge is 0.282 e. The zero-order valence-corrected chi connectivity index (χ0v) is 16.9. The number of hydrogen-bond acceptors (Lipinski definition) is 3. The van der Waals surface area contributed by atoms with Gasteiger partial charge in [0.2, 0.25) is 0 Å². The van der Waals surface area contributed by atoms with Gasteiger partial charge in [-0.05, 0) is 41.3 Å². The Bertz CT molecular complexity index is 922. The summed E-state index contributed by atoms with van der Waals surface area (Å²) >= 11 is 1.68. The predicted molar refractivity (Wildman–Crippen MR) is 113 cm³/mol. The summed E-state index contributed by atoms with van der Waals surface area (Å²) < 4.78 is 5.26. The molecule has 144 valence electrons. The Morgan fingerprint density at radius 3 is 2.57 bits per heavy atom. The molecule has 0 aliphatic carbocycles. The third-order valence-electron chi connectivity index (χ3n) is 5.29. The summed E-state index contributed by atoms with van der Waals surface area (Å²) in [7, 11) is 1.65. The first-order valence-electron chi connectivity index (χ1n) is 9.60. The predicted octanol–water partition coefficient (Wildman–Crippen LogP) is 2.93. The average Bonchev–Trinajstić information content (AvgIpc) is 3.25. The molecule has 5 heteroatoms. The highest BCUT2D eigenvalue weighted by molar-refractivity contribution is 7.09. The van der Waals surface area contributed by atoms with E-state index in [-0.39, 0.29) is 5.91 Å². The van der Waals surface area contributed by atoms with E-state index < -0.39 is 0 Å². The van der Waals surface area contributed by atoms with Crippen molar-refractivity contribution in [2.75, 3.05) is 25.1 Å². The number of amides is 1. The summed E-state index contributed by atoms with van der Waals surface area (Å²) in [5, 5.41) is 2.05. The molecule has 0 fully saturated rings. The van der Waals surface area contributed by atoms with Crippen molar-refractivity contribution in [3.05, 3.63) is 82.0 Å². The highest BCUT2D eigenvalue weighted by atomic mass is 32.1. The van der Waals surface area contributed by atoms with Crippen LogP contribution in [0.15, 0.2) is 66.0 Å². The molecule has 0 spiro atoms. The average molecular weight is 394 g/mol. The number of carbonyl (C=O) groups excluding carboxylic acids is 1. The Balaban J connectivity index is 1.51. The van der Waals surface area contributed by atoms with Crippen LogP contribution in [0.1, 0.15) is 16.0 Å². The fraction of sp³-hybridized carbons (Fsp3) is 0.261. The summed E-state index contributed by atoms with van der Waals surface area (Å²) in [5.41, 5.74) is 3.70. The lowest BCUT2D eigenvalue weighted by Crippen LogP contribution is -3.12. The Labute approximate surface area is 170 Å². The van der Waals surface area contributed by atoms with Gasteiger partial charge in [0.1, 0.15) is 12.3 Å². The molecule has 0 bridgehead atoms. The van der Waals surface area contributed by atoms with E-state index in [1.54, 1.807) is 18.4 Å². The lowest BCUT2D eigenvalue weighted by Gasteiger charge is -2.28. The van der Waals surface area contributed by atoms with Crippen molar-refractivity contribution in [2.24, 2.45) is 0 Å². The summed E-state index contributed by atoms with van der Waals surface area (Å²) in [6, 6.07) is 20.4. The number of benzene rings is 2. The van der Waals surface area contributed by atoms with Gasteiger partial charge in [-0.2, -0.15) is 0 Å². The second-order valence-electron chi connectivity index (χ2n) is 7.13. The largest absolute Gasteiger partial charge is 0.497 e. The number of quaternary nitrogens is 1. The zero-order chi connectivity index (χ0) is 19.3. The van der Waals surface area contributed by atoms with E-state index in [0.29, 0.717) is 13.1 Å². The van der Waals surface area contributed by atoms with Gasteiger partial charge >= 0.3 is 0 Å². The van der Waals surface area contributed by atoms with Crippen LogP contribution in [0.4, 0.5) is 5.69 Å². The standard InChI is InChI=1S/C23H24N2O2S/c1-27-21-10-8-20(9-11-21)25(16-22-7-4-14-28-22)23(26)17-24-13-12-18-5-2-3-6-19(18)15-24/h2-11,14H,12-13,15-17H2,1H3/p+1. The van der Waals surface area contributed by atoms with Crippen LogP contribution < -0.4 is 14.5 Å². The number of anilines is 1. The Morgan fingerprint density at radius 2 is 1.86 bits per heavy atom. The molecule has 2 heterocycles. The number of rotatable bonds is 6. The molecule has 0 saturated carbocycles. The van der Waals surface area contributed by atoms with Crippen LogP contribution in [0.3, 0.4) is 0 Å². The summed E-state index contributed by atoms with van der Waals surface area (Å²) in [4.78, 5) is 17.7. The van der Waals surface area contributed by atoms with E-state index in [4.69, 9.17) is 4.74 Å². The highest BCUT2D eigenvalue weighted by Crippen LogP contribution is 2.23. The van der Waals surface area contributed by atoms with E-state index in [0.717, 1.165) is 30.9 Å². The maximum atomic E-state index is 13.3. The first-order chi connectivity index (χ1) is 13.7. The van der Waals surface area contributed by atoms with Crippen LogP contribution in [-0.4, -0.2) is 26.1 Å². The minimum atomic E-state index is 0.160. The van der Waals surface area contributed by atoms with Gasteiger partial charge in [0, 0.05) is 22.5 Å². The fourth-order valence-corrected chi connectivity index (χ4v) is 4.44. The quantitative estimate of drug-likeness (QED) is 0.699. The molecule has 4 nitrogen and oxygen atoms in total. The lowest BCUT2D eigenvalue weighted by molar-refractivity contribution is -0.907. The maximum Gasteiger partial charge on any atom is 0.282 e. The van der Waals surface area contributed by atoms with Crippen molar-refractivity contribution in [1.82, 2.24) is 0 Å². The van der Waals surface area contributed by atoms with Crippen molar-refractivity contribution in [2.45, 2.75) is 19.5 Å². The van der Waals surface area contributed by atoms with E-state index in [1.165, 1.54) is 20.9 Å². The number of methoxy groups -OCH3 is 1. The molecule has 1 aliphatic heterocycles. The van der Waals surface area contributed by atoms with Crippen molar-refractivity contribution >= 4 is 22.9 Å². The van der Waals surface area contributed by atoms with Crippen LogP contribution in [0, 0.1) is 0 Å². The molecule has 2 aromatic carbocycles. The van der Waals surface area contributed by atoms with E-state index in [2.05, 4.69) is 35.7 Å². The van der Waals surface area contributed by atoms with Gasteiger partial charge in [-0.25, -0.2) is 0 Å². The molecule has 1 amide bonds. The monoisotopic (exact) mass is 393 g/mol. The van der Waals surface area contributed by atoms with Crippen LogP contribution >= 0.6 is 11.3 Å². The van der Waals surface area contributed by atoms with Crippen molar-refractivity contribution < 1.29 is 14.4 Å². The molecule has 0 radical (unpaired) electrons. The van der Waals surface area contributed by atoms with Crippen molar-refractivity contribution in [3.63, 3.8) is 0 Å². The number of ether oxygens (including phenoxy) is 1. The molecule has 1 N–H and O–H groups in total. The molecule has 1 unspecified atom stereocenters. The summed E-state index contributed by atoms with van der Waals surface area (Å²) in [6.07, 6.45) is 1.03. The molecule has 3 aromatic rings. The third kappa shape index (κ3) is 4.26. The Hall–Kier alpha value is -2.63. The number of nitrogens with one attached hydrogen (secondary N) is 1. The number of hydrogen-bond donors (Lipinski definition) is 1. The SMILES string of the molecule is COc1ccc(N(Cc2cccs2)C(=O)C[NH+]2CCc3ccccc3C2)cc1. The lowest BCUT2D eigenvalue weighted by atomic mass is 10.00. The van der Waals surface area contributed by atoms with Crippen LogP contribution in [0.5, 0.6) is 5.75 Å². The van der Waals surface area contributed by atoms with Gasteiger partial charge < -0.3 is 14.5 Å². The van der Waals surface area contributed by atoms with E-state index in [9.17, 15) is 4.79 Å². The number of fused-ring (bicyclic) bond motifs is 1. The first-order valence-corrected chi connectivity index (χ1v) is 10.5. The molecule has 4 rings (SSSR count). The second kappa shape index (κ2) is 8.59. The van der Waals surface area contributed by atoms with E-state index >= 15 is 0 Å². The van der Waals surface area contributed by atoms with Crippen LogP contribution in [0.2, 0.25) is 0 Å². The molecule has 0 saturated heterocycles. The molecular formula is C23H25N2O2S+. The normalized spacial score (nSPS) is 15.7. The molecular weight excluding hydrogens is 368 g/mol. The minimum absolute atomic E-state index is 0.160. The summed E-state index contributed by atoms with van der Waals surface area (Å²) in [6.45, 7) is 3.02. The molecule has 28 heavy (non-hydrogen) atoms. The van der Waals surface area contributed by atoms with Gasteiger partial charge in [-0.3, -0.25) is 4.79 Å². The molecule has 1 aromatic heterocycles. The number of carbonyl (C=O) groups is 1. The van der Waals surface area contributed by atoms with Crippen molar-refractivity contribution in [3.8, 4) is 5.75 Å². The second-order valence-corrected chi connectivity index (χ2v) is 8.16.